The maximum absolute atomic E-state index is 15.9. The first-order valence-corrected chi connectivity index (χ1v) is 14.2. The summed E-state index contributed by atoms with van der Waals surface area (Å²) in [5, 5.41) is 8.38. The highest BCUT2D eigenvalue weighted by molar-refractivity contribution is 7.22. The Kier molecular flexibility index (Phi) is 10.3. The highest BCUT2D eigenvalue weighted by atomic mass is 32.1. The molecular formula is C28H30FN7O5S. The van der Waals surface area contributed by atoms with Gasteiger partial charge in [0.25, 0.3) is 0 Å². The summed E-state index contributed by atoms with van der Waals surface area (Å²) in [6.07, 6.45) is 4.56. The monoisotopic (exact) mass is 595 g/mol. The second-order valence-electron chi connectivity index (χ2n) is 8.77. The molecule has 3 aromatic heterocycles. The van der Waals surface area contributed by atoms with E-state index in [1.807, 2.05) is 6.07 Å². The fraction of sp³-hybridized carbons (Fsp3) is 0.321. The lowest BCUT2D eigenvalue weighted by Gasteiger charge is -2.17. The molecule has 1 aromatic carbocycles. The molecule has 1 atom stereocenters. The number of rotatable bonds is 12. The van der Waals surface area contributed by atoms with Crippen LogP contribution in [0.5, 0.6) is 0 Å². The lowest BCUT2D eigenvalue weighted by molar-refractivity contribution is -0.145. The number of hydrogen-bond donors (Lipinski definition) is 3. The summed E-state index contributed by atoms with van der Waals surface area (Å²) in [7, 11) is 0. The van der Waals surface area contributed by atoms with Gasteiger partial charge in [-0.05, 0) is 45.4 Å². The molecule has 3 N–H and O–H groups in total. The number of nitrogens with one attached hydrogen (secondary N) is 3. The molecule has 0 aliphatic carbocycles. The van der Waals surface area contributed by atoms with Crippen molar-refractivity contribution in [3.05, 3.63) is 48.7 Å². The molecule has 0 spiro atoms. The number of urea groups is 1. The molecule has 3 heterocycles. The van der Waals surface area contributed by atoms with E-state index < -0.39 is 29.8 Å². The molecule has 42 heavy (non-hydrogen) atoms. The maximum Gasteiger partial charge on any atom is 0.328 e. The van der Waals surface area contributed by atoms with Crippen LogP contribution in [0.3, 0.4) is 0 Å². The lowest BCUT2D eigenvalue weighted by atomic mass is 10.0. The van der Waals surface area contributed by atoms with E-state index in [4.69, 9.17) is 9.47 Å². The number of carbonyl (C=O) groups excluding carboxylic acids is 3. The molecule has 2 amide bonds. The fourth-order valence-electron chi connectivity index (χ4n) is 4.01. The number of nitrogens with zero attached hydrogens (tertiary/aromatic N) is 4. The van der Waals surface area contributed by atoms with Crippen LogP contribution in [0.1, 0.15) is 33.6 Å². The average molecular weight is 596 g/mol. The van der Waals surface area contributed by atoms with Crippen LogP contribution in [-0.4, -0.2) is 63.7 Å². The molecule has 14 heteroatoms. The molecule has 0 saturated carbocycles. The highest BCUT2D eigenvalue weighted by Gasteiger charge is 2.24. The van der Waals surface area contributed by atoms with Crippen molar-refractivity contribution >= 4 is 50.6 Å². The molecule has 12 nitrogen and oxygen atoms in total. The topological polar surface area (TPSA) is 157 Å². The normalized spacial score (nSPS) is 11.5. The summed E-state index contributed by atoms with van der Waals surface area (Å²) < 4.78 is 26.5. The van der Waals surface area contributed by atoms with Crippen LogP contribution in [-0.2, 0) is 19.1 Å². The molecule has 0 aliphatic heterocycles. The van der Waals surface area contributed by atoms with Gasteiger partial charge in [-0.15, -0.1) is 0 Å². The van der Waals surface area contributed by atoms with E-state index in [0.29, 0.717) is 28.1 Å². The van der Waals surface area contributed by atoms with Crippen molar-refractivity contribution in [3.63, 3.8) is 0 Å². The molecule has 220 valence electrons. The minimum Gasteiger partial charge on any atom is -0.466 e. The largest absolute Gasteiger partial charge is 0.466 e. The third kappa shape index (κ3) is 7.32. The molecule has 0 unspecified atom stereocenters. The number of halogens is 1. The van der Waals surface area contributed by atoms with Crippen molar-refractivity contribution in [1.29, 1.82) is 0 Å². The van der Waals surface area contributed by atoms with E-state index in [2.05, 4.69) is 35.9 Å². The smallest absolute Gasteiger partial charge is 0.328 e. The Bertz CT molecular complexity index is 1550. The summed E-state index contributed by atoms with van der Waals surface area (Å²) in [6.45, 7) is 5.98. The molecule has 0 fully saturated rings. The standard InChI is InChI=1S/C28H30FN7O5S/c1-4-30-27(39)36-28-35-23-22(29)17(13-18(24(23)42-28)19-9-7-8-12-31-19)16-14-32-26(33-15-16)34-20(25(38)41-6-3)10-11-21(37)40-5-2/h7-9,12-15,20H,4-6,10-11H2,1-3H3,(H,32,33,34)(H2,30,35,36,39)/t20-/m1/s1. The first-order chi connectivity index (χ1) is 20.3. The number of hydrogen-bond acceptors (Lipinski definition) is 11. The number of thiazole rings is 1. The predicted molar refractivity (Wildman–Crippen MR) is 156 cm³/mol. The number of fused-ring (bicyclic) bond motifs is 1. The van der Waals surface area contributed by atoms with Crippen molar-refractivity contribution in [1.82, 2.24) is 25.3 Å². The molecule has 0 saturated heterocycles. The van der Waals surface area contributed by atoms with Crippen LogP contribution in [0, 0.1) is 5.82 Å². The van der Waals surface area contributed by atoms with E-state index in [-0.39, 0.29) is 48.2 Å². The average Bonchev–Trinajstić information content (AvgIpc) is 3.41. The van der Waals surface area contributed by atoms with E-state index in [9.17, 15) is 14.4 Å². The van der Waals surface area contributed by atoms with Gasteiger partial charge < -0.3 is 20.1 Å². The molecule has 4 rings (SSSR count). The zero-order chi connectivity index (χ0) is 30.1. The zero-order valence-corrected chi connectivity index (χ0v) is 24.1. The van der Waals surface area contributed by atoms with E-state index in [1.54, 1.807) is 45.2 Å². The van der Waals surface area contributed by atoms with Gasteiger partial charge in [-0.2, -0.15) is 0 Å². The minimum atomic E-state index is -0.894. The van der Waals surface area contributed by atoms with Gasteiger partial charge in [-0.25, -0.2) is 28.9 Å². The number of carbonyl (C=O) groups is 3. The van der Waals surface area contributed by atoms with E-state index >= 15 is 4.39 Å². The van der Waals surface area contributed by atoms with Crippen molar-refractivity contribution in [2.45, 2.75) is 39.7 Å². The van der Waals surface area contributed by atoms with Crippen molar-refractivity contribution in [2.75, 3.05) is 30.4 Å². The van der Waals surface area contributed by atoms with Gasteiger partial charge in [0.15, 0.2) is 10.9 Å². The van der Waals surface area contributed by atoms with Gasteiger partial charge in [0.2, 0.25) is 5.95 Å². The van der Waals surface area contributed by atoms with Crippen LogP contribution in [0.15, 0.2) is 42.9 Å². The van der Waals surface area contributed by atoms with E-state index in [0.717, 1.165) is 11.3 Å². The maximum atomic E-state index is 15.9. The Labute approximate surface area is 245 Å². The molecule has 4 aromatic rings. The van der Waals surface area contributed by atoms with Crippen molar-refractivity contribution in [2.24, 2.45) is 0 Å². The second-order valence-corrected chi connectivity index (χ2v) is 9.77. The van der Waals surface area contributed by atoms with Crippen molar-refractivity contribution in [3.8, 4) is 22.4 Å². The molecule has 0 radical (unpaired) electrons. The number of anilines is 2. The molecule has 0 aliphatic rings. The second kappa shape index (κ2) is 14.3. The minimum absolute atomic E-state index is 0.00544. The van der Waals surface area contributed by atoms with Gasteiger partial charge in [-0.3, -0.25) is 15.1 Å². The Morgan fingerprint density at radius 1 is 1.02 bits per heavy atom. The third-order valence-corrected chi connectivity index (χ3v) is 6.89. The van der Waals surface area contributed by atoms with Crippen molar-refractivity contribution < 1.29 is 28.2 Å². The first-order valence-electron chi connectivity index (χ1n) is 13.3. The predicted octanol–water partition coefficient (Wildman–Crippen LogP) is 4.78. The third-order valence-electron chi connectivity index (χ3n) is 5.88. The summed E-state index contributed by atoms with van der Waals surface area (Å²) in [4.78, 5) is 53.7. The zero-order valence-electron chi connectivity index (χ0n) is 23.3. The van der Waals surface area contributed by atoms with Crippen LogP contribution in [0.4, 0.5) is 20.3 Å². The van der Waals surface area contributed by atoms with Gasteiger partial charge in [-0.1, -0.05) is 17.4 Å². The Morgan fingerprint density at radius 2 is 1.79 bits per heavy atom. The summed E-state index contributed by atoms with van der Waals surface area (Å²) >= 11 is 1.14. The SMILES string of the molecule is CCNC(=O)Nc1nc2c(F)c(-c3cnc(N[C@H](CCC(=O)OCC)C(=O)OCC)nc3)cc(-c3ccccn3)c2s1. The number of amides is 2. The number of ether oxygens (including phenoxy) is 2. The number of aromatic nitrogens is 4. The highest BCUT2D eigenvalue weighted by Crippen LogP contribution is 2.40. The fourth-order valence-corrected chi connectivity index (χ4v) is 4.99. The summed E-state index contributed by atoms with van der Waals surface area (Å²) in [5.74, 6) is -1.53. The van der Waals surface area contributed by atoms with Crippen LogP contribution >= 0.6 is 11.3 Å². The number of esters is 2. The Balaban J connectivity index is 1.66. The molecule has 0 bridgehead atoms. The first kappa shape index (κ1) is 30.2. The summed E-state index contributed by atoms with van der Waals surface area (Å²) in [6, 6.07) is 5.68. The van der Waals surface area contributed by atoms with Crippen LogP contribution < -0.4 is 16.0 Å². The van der Waals surface area contributed by atoms with Gasteiger partial charge in [0.05, 0.1) is 23.6 Å². The number of pyridine rings is 1. The van der Waals surface area contributed by atoms with Gasteiger partial charge in [0, 0.05) is 48.2 Å². The number of benzene rings is 1. The lowest BCUT2D eigenvalue weighted by Crippen LogP contribution is -2.33. The van der Waals surface area contributed by atoms with E-state index in [1.165, 1.54) is 12.4 Å². The van der Waals surface area contributed by atoms with Crippen LogP contribution in [0.25, 0.3) is 32.6 Å². The van der Waals surface area contributed by atoms with Gasteiger partial charge >= 0.3 is 18.0 Å². The quantitative estimate of drug-likeness (QED) is 0.195. The Morgan fingerprint density at radius 3 is 2.45 bits per heavy atom. The summed E-state index contributed by atoms with van der Waals surface area (Å²) in [5.41, 5.74) is 1.80. The van der Waals surface area contributed by atoms with Gasteiger partial charge in [0.1, 0.15) is 11.6 Å². The Hall–Kier alpha value is -4.72. The van der Waals surface area contributed by atoms with Crippen LogP contribution in [0.2, 0.25) is 0 Å². The molecular weight excluding hydrogens is 565 g/mol.